The monoisotopic (exact) mass is 285 g/mol. The van der Waals surface area contributed by atoms with Gasteiger partial charge in [-0.1, -0.05) is 17.7 Å². The highest BCUT2D eigenvalue weighted by Crippen LogP contribution is 2.29. The van der Waals surface area contributed by atoms with Crippen LogP contribution in [0, 0.1) is 20.8 Å². The molecule has 112 valence electrons. The summed E-state index contributed by atoms with van der Waals surface area (Å²) >= 11 is 0. The number of aryl methyl sites for hydroxylation is 3. The molecule has 0 aliphatic carbocycles. The summed E-state index contributed by atoms with van der Waals surface area (Å²) in [5, 5.41) is 0. The van der Waals surface area contributed by atoms with E-state index < -0.39 is 0 Å². The minimum atomic E-state index is -0.0986. The summed E-state index contributed by atoms with van der Waals surface area (Å²) in [5.74, 6) is 6.58. The predicted molar refractivity (Wildman–Crippen MR) is 85.2 cm³/mol. The molecule has 1 unspecified atom stereocenters. The van der Waals surface area contributed by atoms with E-state index in [1.54, 1.807) is 6.20 Å². The fraction of sp³-hybridized carbons (Fsp3) is 0.353. The average molecular weight is 285 g/mol. The van der Waals surface area contributed by atoms with E-state index in [9.17, 15) is 0 Å². The van der Waals surface area contributed by atoms with Gasteiger partial charge >= 0.3 is 0 Å². The summed E-state index contributed by atoms with van der Waals surface area (Å²) in [6.45, 7) is 8.90. The normalized spacial score (nSPS) is 12.2. The number of hydrogen-bond acceptors (Lipinski definition) is 4. The molecule has 21 heavy (non-hydrogen) atoms. The van der Waals surface area contributed by atoms with Gasteiger partial charge in [-0.2, -0.15) is 0 Å². The van der Waals surface area contributed by atoms with Crippen molar-refractivity contribution in [3.8, 4) is 5.75 Å². The van der Waals surface area contributed by atoms with Crippen LogP contribution in [-0.4, -0.2) is 11.6 Å². The van der Waals surface area contributed by atoms with E-state index in [0.717, 1.165) is 11.3 Å². The number of benzene rings is 1. The zero-order valence-electron chi connectivity index (χ0n) is 13.1. The predicted octanol–water partition coefficient (Wildman–Crippen LogP) is 2.96. The SMILES string of the molecule is CCOc1cncc(C(NN)c2c(C)cc(C)cc2C)c1. The first-order valence-electron chi connectivity index (χ1n) is 7.18. The molecule has 1 aromatic carbocycles. The summed E-state index contributed by atoms with van der Waals surface area (Å²) in [4.78, 5) is 4.25. The first-order valence-corrected chi connectivity index (χ1v) is 7.18. The van der Waals surface area contributed by atoms with Gasteiger partial charge in [0.2, 0.25) is 0 Å². The average Bonchev–Trinajstić information content (AvgIpc) is 2.43. The Morgan fingerprint density at radius 1 is 1.14 bits per heavy atom. The number of hydrazine groups is 1. The van der Waals surface area contributed by atoms with Crippen molar-refractivity contribution in [2.45, 2.75) is 33.7 Å². The van der Waals surface area contributed by atoms with Crippen LogP contribution in [0.3, 0.4) is 0 Å². The minimum absolute atomic E-state index is 0.0986. The fourth-order valence-electron chi connectivity index (χ4n) is 2.83. The molecule has 1 aromatic heterocycles. The standard InChI is InChI=1S/C17H23N3O/c1-5-21-15-8-14(9-19-10-15)17(20-18)16-12(3)6-11(2)7-13(16)4/h6-10,17,20H,5,18H2,1-4H3. The third-order valence-electron chi connectivity index (χ3n) is 3.57. The molecule has 1 atom stereocenters. The van der Waals surface area contributed by atoms with Crippen LogP contribution in [0.2, 0.25) is 0 Å². The van der Waals surface area contributed by atoms with Gasteiger partial charge in [-0.25, -0.2) is 5.43 Å². The Hall–Kier alpha value is -1.91. The van der Waals surface area contributed by atoms with Gasteiger partial charge in [-0.3, -0.25) is 10.8 Å². The lowest BCUT2D eigenvalue weighted by Crippen LogP contribution is -2.30. The Kier molecular flexibility index (Phi) is 4.94. The zero-order chi connectivity index (χ0) is 15.4. The van der Waals surface area contributed by atoms with Crippen LogP contribution >= 0.6 is 0 Å². The van der Waals surface area contributed by atoms with Crippen molar-refractivity contribution in [1.82, 2.24) is 10.4 Å². The van der Waals surface area contributed by atoms with Gasteiger partial charge in [-0.15, -0.1) is 0 Å². The number of pyridine rings is 1. The first kappa shape index (κ1) is 15.5. The number of aromatic nitrogens is 1. The van der Waals surface area contributed by atoms with Crippen LogP contribution in [0.1, 0.15) is 40.8 Å². The number of nitrogens with two attached hydrogens (primary N) is 1. The van der Waals surface area contributed by atoms with Crippen LogP contribution in [0.15, 0.2) is 30.6 Å². The number of hydrogen-bond donors (Lipinski definition) is 2. The van der Waals surface area contributed by atoms with E-state index in [1.807, 2.05) is 19.2 Å². The second-order valence-corrected chi connectivity index (χ2v) is 5.30. The highest BCUT2D eigenvalue weighted by atomic mass is 16.5. The number of rotatable bonds is 5. The van der Waals surface area contributed by atoms with Gasteiger partial charge < -0.3 is 4.74 Å². The molecule has 0 spiro atoms. The number of nitrogens with zero attached hydrogens (tertiary/aromatic N) is 1. The van der Waals surface area contributed by atoms with Gasteiger partial charge in [0.05, 0.1) is 18.8 Å². The van der Waals surface area contributed by atoms with Crippen molar-refractivity contribution in [2.75, 3.05) is 6.61 Å². The lowest BCUT2D eigenvalue weighted by atomic mass is 9.91. The molecule has 0 fully saturated rings. The Bertz CT molecular complexity index is 602. The molecule has 0 bridgehead atoms. The number of nitrogens with one attached hydrogen (secondary N) is 1. The summed E-state index contributed by atoms with van der Waals surface area (Å²) in [7, 11) is 0. The molecule has 0 aliphatic rings. The quantitative estimate of drug-likeness (QED) is 0.655. The molecule has 0 saturated heterocycles. The van der Waals surface area contributed by atoms with E-state index in [4.69, 9.17) is 10.6 Å². The molecule has 2 aromatic rings. The van der Waals surface area contributed by atoms with Crippen LogP contribution in [0.5, 0.6) is 5.75 Å². The first-order chi connectivity index (χ1) is 10.1. The van der Waals surface area contributed by atoms with Gasteiger partial charge in [0.15, 0.2) is 0 Å². The maximum Gasteiger partial charge on any atom is 0.137 e. The van der Waals surface area contributed by atoms with Gasteiger partial charge in [0.25, 0.3) is 0 Å². The number of ether oxygens (including phenoxy) is 1. The molecule has 0 aliphatic heterocycles. The van der Waals surface area contributed by atoms with Crippen LogP contribution in [-0.2, 0) is 0 Å². The second kappa shape index (κ2) is 6.70. The lowest BCUT2D eigenvalue weighted by Gasteiger charge is -2.22. The van der Waals surface area contributed by atoms with E-state index >= 15 is 0 Å². The Labute approximate surface area is 126 Å². The van der Waals surface area contributed by atoms with Gasteiger partial charge in [0.1, 0.15) is 5.75 Å². The van der Waals surface area contributed by atoms with Gasteiger partial charge in [0, 0.05) is 6.20 Å². The van der Waals surface area contributed by atoms with Crippen LogP contribution in [0.25, 0.3) is 0 Å². The van der Waals surface area contributed by atoms with Crippen molar-refractivity contribution in [3.05, 3.63) is 58.4 Å². The van der Waals surface area contributed by atoms with Crippen molar-refractivity contribution < 1.29 is 4.74 Å². The topological polar surface area (TPSA) is 60.2 Å². The fourth-order valence-corrected chi connectivity index (χ4v) is 2.83. The van der Waals surface area contributed by atoms with Crippen LogP contribution in [0.4, 0.5) is 0 Å². The maximum absolute atomic E-state index is 5.82. The molecular formula is C17H23N3O. The largest absolute Gasteiger partial charge is 0.492 e. The highest BCUT2D eigenvalue weighted by Gasteiger charge is 2.18. The lowest BCUT2D eigenvalue weighted by molar-refractivity contribution is 0.338. The molecular weight excluding hydrogens is 262 g/mol. The summed E-state index contributed by atoms with van der Waals surface area (Å²) in [6, 6.07) is 6.23. The Balaban J connectivity index is 2.47. The van der Waals surface area contributed by atoms with Crippen molar-refractivity contribution in [1.29, 1.82) is 0 Å². The maximum atomic E-state index is 5.82. The van der Waals surface area contributed by atoms with Crippen molar-refractivity contribution in [3.63, 3.8) is 0 Å². The van der Waals surface area contributed by atoms with Crippen LogP contribution < -0.4 is 16.0 Å². The molecule has 2 rings (SSSR count). The Morgan fingerprint density at radius 2 is 1.81 bits per heavy atom. The molecule has 3 N–H and O–H groups in total. The minimum Gasteiger partial charge on any atom is -0.492 e. The van der Waals surface area contributed by atoms with Crippen molar-refractivity contribution >= 4 is 0 Å². The van der Waals surface area contributed by atoms with E-state index in [1.165, 1.54) is 22.3 Å². The van der Waals surface area contributed by atoms with E-state index in [0.29, 0.717) is 6.61 Å². The molecule has 4 heteroatoms. The molecule has 1 heterocycles. The third kappa shape index (κ3) is 3.40. The van der Waals surface area contributed by atoms with Crippen molar-refractivity contribution in [2.24, 2.45) is 5.84 Å². The molecule has 0 radical (unpaired) electrons. The highest BCUT2D eigenvalue weighted by molar-refractivity contribution is 5.44. The van der Waals surface area contributed by atoms with E-state index in [2.05, 4.69) is 43.3 Å². The third-order valence-corrected chi connectivity index (χ3v) is 3.57. The smallest absolute Gasteiger partial charge is 0.137 e. The molecule has 0 amide bonds. The summed E-state index contributed by atoms with van der Waals surface area (Å²) < 4.78 is 5.53. The second-order valence-electron chi connectivity index (χ2n) is 5.30. The summed E-state index contributed by atoms with van der Waals surface area (Å²) in [5.41, 5.74) is 8.80. The van der Waals surface area contributed by atoms with E-state index in [-0.39, 0.29) is 6.04 Å². The Morgan fingerprint density at radius 3 is 2.38 bits per heavy atom. The molecule has 4 nitrogen and oxygen atoms in total. The molecule has 0 saturated carbocycles. The zero-order valence-corrected chi connectivity index (χ0v) is 13.1. The van der Waals surface area contributed by atoms with Gasteiger partial charge in [-0.05, 0) is 56.0 Å². The summed E-state index contributed by atoms with van der Waals surface area (Å²) in [6.07, 6.45) is 3.54.